The second-order valence-electron chi connectivity index (χ2n) is 6.64. The number of nitrogens with zero attached hydrogens (tertiary/aromatic N) is 2. The summed E-state index contributed by atoms with van der Waals surface area (Å²) in [5.41, 5.74) is 1.26. The number of aryl methyl sites for hydroxylation is 1. The number of sulfone groups is 1. The molecule has 1 aromatic rings. The highest BCUT2D eigenvalue weighted by Gasteiger charge is 2.37. The number of hydrazone groups is 1. The summed E-state index contributed by atoms with van der Waals surface area (Å²) in [7, 11) is -3.15. The Labute approximate surface area is 158 Å². The maximum atomic E-state index is 12.2. The number of carbonyl (C=O) groups excluding carboxylic acids is 2. The Morgan fingerprint density at radius 1 is 1.22 bits per heavy atom. The van der Waals surface area contributed by atoms with Gasteiger partial charge in [-0.3, -0.25) is 4.79 Å². The molecule has 0 aromatic heterocycles. The van der Waals surface area contributed by atoms with E-state index >= 15 is 0 Å². The van der Waals surface area contributed by atoms with E-state index in [1.54, 1.807) is 0 Å². The third-order valence-electron chi connectivity index (χ3n) is 4.46. The van der Waals surface area contributed by atoms with Crippen LogP contribution in [0.5, 0.6) is 5.75 Å². The molecule has 1 saturated heterocycles. The number of carbonyl (C=O) groups is 2. The SMILES string of the molecule is Cc1ccc(OCCOC(=O)C2=NN([C@@H]3CCS(=O)(=O)C3)C(=O)CC2)cc1. The minimum absolute atomic E-state index is 0.0348. The number of ether oxygens (including phenoxy) is 2. The minimum Gasteiger partial charge on any atom is -0.490 e. The molecule has 2 aliphatic rings. The third kappa shape index (κ3) is 5.06. The van der Waals surface area contributed by atoms with Crippen molar-refractivity contribution in [3.8, 4) is 5.75 Å². The molecule has 1 aromatic carbocycles. The van der Waals surface area contributed by atoms with Crippen molar-refractivity contribution in [3.63, 3.8) is 0 Å². The van der Waals surface area contributed by atoms with E-state index in [1.807, 2.05) is 31.2 Å². The van der Waals surface area contributed by atoms with E-state index in [4.69, 9.17) is 9.47 Å². The first kappa shape index (κ1) is 19.3. The lowest BCUT2D eigenvalue weighted by atomic mass is 10.1. The molecule has 146 valence electrons. The number of hydrogen-bond acceptors (Lipinski definition) is 7. The van der Waals surface area contributed by atoms with Gasteiger partial charge in [-0.15, -0.1) is 0 Å². The quantitative estimate of drug-likeness (QED) is 0.528. The van der Waals surface area contributed by atoms with E-state index in [0.717, 1.165) is 10.6 Å². The van der Waals surface area contributed by atoms with Crippen LogP contribution in [0, 0.1) is 6.92 Å². The second kappa shape index (κ2) is 8.08. The molecule has 0 N–H and O–H groups in total. The van der Waals surface area contributed by atoms with E-state index in [9.17, 15) is 18.0 Å². The fourth-order valence-electron chi connectivity index (χ4n) is 2.98. The molecule has 0 aliphatic carbocycles. The van der Waals surface area contributed by atoms with Gasteiger partial charge in [0.1, 0.15) is 24.7 Å². The smallest absolute Gasteiger partial charge is 0.354 e. The average Bonchev–Trinajstić information content (AvgIpc) is 3.00. The summed E-state index contributed by atoms with van der Waals surface area (Å²) in [4.78, 5) is 24.2. The summed E-state index contributed by atoms with van der Waals surface area (Å²) in [6.45, 7) is 2.23. The van der Waals surface area contributed by atoms with Crippen LogP contribution >= 0.6 is 0 Å². The topological polar surface area (TPSA) is 102 Å². The summed E-state index contributed by atoms with van der Waals surface area (Å²) in [5.74, 6) is -0.273. The molecule has 27 heavy (non-hydrogen) atoms. The van der Waals surface area contributed by atoms with Crippen LogP contribution in [0.3, 0.4) is 0 Å². The monoisotopic (exact) mass is 394 g/mol. The van der Waals surface area contributed by atoms with Crippen LogP contribution in [0.25, 0.3) is 0 Å². The first-order valence-electron chi connectivity index (χ1n) is 8.80. The van der Waals surface area contributed by atoms with Gasteiger partial charge in [0.15, 0.2) is 9.84 Å². The van der Waals surface area contributed by atoms with Crippen molar-refractivity contribution in [1.29, 1.82) is 0 Å². The standard InChI is InChI=1S/C18H22N2O6S/c1-13-2-4-15(5-3-13)25-9-10-26-18(22)16-6-7-17(21)20(19-16)14-8-11-27(23,24)12-14/h2-5,14H,6-12H2,1H3/t14-/m1/s1. The minimum atomic E-state index is -3.15. The Morgan fingerprint density at radius 2 is 1.96 bits per heavy atom. The van der Waals surface area contributed by atoms with Crippen LogP contribution in [-0.2, 0) is 24.2 Å². The molecular formula is C18H22N2O6S. The van der Waals surface area contributed by atoms with Gasteiger partial charge in [0, 0.05) is 12.8 Å². The molecule has 0 radical (unpaired) electrons. The van der Waals surface area contributed by atoms with Crippen molar-refractivity contribution >= 4 is 27.4 Å². The van der Waals surface area contributed by atoms with E-state index in [0.29, 0.717) is 12.2 Å². The van der Waals surface area contributed by atoms with Gasteiger partial charge in [0.05, 0.1) is 17.5 Å². The van der Waals surface area contributed by atoms with Gasteiger partial charge in [-0.1, -0.05) is 17.7 Å². The molecule has 3 rings (SSSR count). The van der Waals surface area contributed by atoms with Crippen LogP contribution in [0.15, 0.2) is 29.4 Å². The number of hydrogen-bond donors (Lipinski definition) is 0. The van der Waals surface area contributed by atoms with Crippen LogP contribution in [0.2, 0.25) is 0 Å². The Bertz CT molecular complexity index is 847. The number of rotatable bonds is 6. The lowest BCUT2D eigenvalue weighted by Crippen LogP contribution is -2.42. The van der Waals surface area contributed by atoms with Gasteiger partial charge >= 0.3 is 5.97 Å². The Balaban J connectivity index is 1.52. The summed E-state index contributed by atoms with van der Waals surface area (Å²) < 4.78 is 33.9. The maximum absolute atomic E-state index is 12.2. The van der Waals surface area contributed by atoms with E-state index < -0.39 is 21.8 Å². The Morgan fingerprint density at radius 3 is 2.63 bits per heavy atom. The fourth-order valence-corrected chi connectivity index (χ4v) is 4.68. The molecule has 0 bridgehead atoms. The van der Waals surface area contributed by atoms with Crippen LogP contribution < -0.4 is 4.74 Å². The lowest BCUT2D eigenvalue weighted by molar-refractivity contribution is -0.137. The zero-order valence-corrected chi connectivity index (χ0v) is 15.9. The van der Waals surface area contributed by atoms with Crippen LogP contribution in [-0.4, -0.2) is 61.8 Å². The van der Waals surface area contributed by atoms with E-state index in [2.05, 4.69) is 5.10 Å². The van der Waals surface area contributed by atoms with Gasteiger partial charge in [-0.05, 0) is 25.5 Å². The highest BCUT2D eigenvalue weighted by molar-refractivity contribution is 7.91. The molecule has 1 amide bonds. The summed E-state index contributed by atoms with van der Waals surface area (Å²) in [5, 5.41) is 5.22. The summed E-state index contributed by atoms with van der Waals surface area (Å²) in [6.07, 6.45) is 0.640. The number of amides is 1. The first-order valence-corrected chi connectivity index (χ1v) is 10.6. The molecule has 2 aliphatic heterocycles. The van der Waals surface area contributed by atoms with Gasteiger partial charge < -0.3 is 9.47 Å². The molecule has 2 heterocycles. The maximum Gasteiger partial charge on any atom is 0.354 e. The van der Waals surface area contributed by atoms with Crippen molar-refractivity contribution < 1.29 is 27.5 Å². The summed E-state index contributed by atoms with van der Waals surface area (Å²) >= 11 is 0. The molecule has 0 unspecified atom stereocenters. The predicted molar refractivity (Wildman–Crippen MR) is 98.2 cm³/mol. The van der Waals surface area contributed by atoms with Gasteiger partial charge in [0.2, 0.25) is 5.91 Å². The Hall–Kier alpha value is -2.42. The molecule has 0 saturated carbocycles. The largest absolute Gasteiger partial charge is 0.490 e. The molecule has 1 fully saturated rings. The zero-order chi connectivity index (χ0) is 19.4. The lowest BCUT2D eigenvalue weighted by Gasteiger charge is -2.27. The first-order chi connectivity index (χ1) is 12.8. The van der Waals surface area contributed by atoms with Crippen molar-refractivity contribution in [3.05, 3.63) is 29.8 Å². The molecule has 9 heteroatoms. The number of esters is 1. The van der Waals surface area contributed by atoms with Crippen molar-refractivity contribution in [2.75, 3.05) is 24.7 Å². The highest BCUT2D eigenvalue weighted by Crippen LogP contribution is 2.22. The molecular weight excluding hydrogens is 372 g/mol. The predicted octanol–water partition coefficient (Wildman–Crippen LogP) is 1.08. The van der Waals surface area contributed by atoms with Crippen molar-refractivity contribution in [2.24, 2.45) is 5.10 Å². The van der Waals surface area contributed by atoms with Gasteiger partial charge in [-0.2, -0.15) is 5.10 Å². The zero-order valence-electron chi connectivity index (χ0n) is 15.1. The van der Waals surface area contributed by atoms with Gasteiger partial charge in [0.25, 0.3) is 0 Å². The van der Waals surface area contributed by atoms with Crippen molar-refractivity contribution in [1.82, 2.24) is 5.01 Å². The van der Waals surface area contributed by atoms with Crippen LogP contribution in [0.1, 0.15) is 24.8 Å². The highest BCUT2D eigenvalue weighted by atomic mass is 32.2. The molecule has 8 nitrogen and oxygen atoms in total. The normalized spacial score (nSPS) is 21.7. The van der Waals surface area contributed by atoms with Gasteiger partial charge in [-0.25, -0.2) is 18.2 Å². The third-order valence-corrected chi connectivity index (χ3v) is 6.21. The Kier molecular flexibility index (Phi) is 5.79. The summed E-state index contributed by atoms with van der Waals surface area (Å²) in [6, 6.07) is 7.01. The average molecular weight is 394 g/mol. The van der Waals surface area contributed by atoms with E-state index in [1.165, 1.54) is 0 Å². The van der Waals surface area contributed by atoms with Crippen molar-refractivity contribution in [2.45, 2.75) is 32.2 Å². The second-order valence-corrected chi connectivity index (χ2v) is 8.87. The number of benzene rings is 1. The molecule has 0 spiro atoms. The van der Waals surface area contributed by atoms with E-state index in [-0.39, 0.29) is 49.2 Å². The fraction of sp³-hybridized carbons (Fsp3) is 0.500. The molecule has 1 atom stereocenters. The van der Waals surface area contributed by atoms with Crippen LogP contribution in [0.4, 0.5) is 0 Å².